The van der Waals surface area contributed by atoms with Crippen LogP contribution < -0.4 is 11.2 Å². The number of aromatic amines is 1. The zero-order valence-corrected chi connectivity index (χ0v) is 9.78. The van der Waals surface area contributed by atoms with Gasteiger partial charge in [-0.2, -0.15) is 0 Å². The van der Waals surface area contributed by atoms with E-state index in [0.717, 1.165) is 6.20 Å². The number of nitrogens with one attached hydrogen (secondary N) is 1. The lowest BCUT2D eigenvalue weighted by molar-refractivity contribution is -0.207. The molecule has 1 aromatic rings. The van der Waals surface area contributed by atoms with E-state index < -0.39 is 42.1 Å². The minimum absolute atomic E-state index is 0.340. The summed E-state index contributed by atoms with van der Waals surface area (Å²) in [5.41, 5.74) is -2.38. The van der Waals surface area contributed by atoms with Gasteiger partial charge in [0.15, 0.2) is 6.23 Å². The van der Waals surface area contributed by atoms with E-state index in [0.29, 0.717) is 4.57 Å². The van der Waals surface area contributed by atoms with Crippen LogP contribution in [0, 0.1) is 12.3 Å². The van der Waals surface area contributed by atoms with E-state index >= 15 is 0 Å². The Hall–Kier alpha value is -1.99. The molecule has 1 fully saturated rings. The Morgan fingerprint density at radius 2 is 2.30 bits per heavy atom. The summed E-state index contributed by atoms with van der Waals surface area (Å²) < 4.78 is 33.2. The average Bonchev–Trinajstić information content (AvgIpc) is 2.64. The first-order chi connectivity index (χ1) is 10.0. The van der Waals surface area contributed by atoms with Crippen molar-refractivity contribution >= 4 is 0 Å². The number of rotatable bonds is 2. The van der Waals surface area contributed by atoms with Crippen molar-refractivity contribution in [1.82, 2.24) is 9.55 Å². The molecule has 4 N–H and O–H groups in total. The molecule has 0 saturated carbocycles. The number of ether oxygens (including phenoxy) is 1. The van der Waals surface area contributed by atoms with Gasteiger partial charge in [0.25, 0.3) is 11.4 Å². The van der Waals surface area contributed by atoms with Crippen molar-refractivity contribution in [3.05, 3.63) is 32.6 Å². The van der Waals surface area contributed by atoms with Gasteiger partial charge in [-0.25, -0.2) is 9.18 Å². The second-order valence-corrected chi connectivity index (χ2v) is 4.05. The quantitative estimate of drug-likeness (QED) is 0.443. The van der Waals surface area contributed by atoms with Crippen LogP contribution in [0.15, 0.2) is 15.8 Å². The summed E-state index contributed by atoms with van der Waals surface area (Å²) in [6.45, 7) is -3.66. The molecule has 0 spiro atoms. The highest BCUT2D eigenvalue weighted by Crippen LogP contribution is 2.37. The van der Waals surface area contributed by atoms with Crippen LogP contribution in [0.4, 0.5) is 4.39 Å². The Labute approximate surface area is 113 Å². The number of terminal acetylenes is 1. The third kappa shape index (κ3) is 2.04. The van der Waals surface area contributed by atoms with Gasteiger partial charge in [0.05, 0.1) is 2.74 Å². The van der Waals surface area contributed by atoms with Gasteiger partial charge in [-0.05, 0) is 0 Å². The molecule has 2 rings (SSSR count). The molecule has 108 valence electrons. The molecule has 20 heavy (non-hydrogen) atoms. The summed E-state index contributed by atoms with van der Waals surface area (Å²) in [6, 6.07) is 0. The summed E-state index contributed by atoms with van der Waals surface area (Å²) in [4.78, 5) is 24.8. The molecular weight excluding hydrogens is 275 g/mol. The van der Waals surface area contributed by atoms with E-state index in [2.05, 4.69) is 4.74 Å². The normalized spacial score (nSPS) is 35.2. The molecule has 8 nitrogen and oxygen atoms in total. The lowest BCUT2D eigenvalue weighted by Gasteiger charge is -2.19. The fourth-order valence-electron chi connectivity index (χ4n) is 1.78. The summed E-state index contributed by atoms with van der Waals surface area (Å²) >= 11 is 0. The van der Waals surface area contributed by atoms with Crippen molar-refractivity contribution in [2.24, 2.45) is 0 Å². The van der Waals surface area contributed by atoms with Gasteiger partial charge < -0.3 is 20.1 Å². The maximum absolute atomic E-state index is 14.3. The van der Waals surface area contributed by atoms with Crippen LogP contribution in [0.3, 0.4) is 0 Å². The molecule has 0 amide bonds. The lowest BCUT2D eigenvalue weighted by atomic mass is 10.1. The molecule has 2 heterocycles. The standard InChI is InChI=1S/C11H11FN2O6/c1-2-5-3-14(10(19)13-8(5)18)9-6(16)7(17)11(12,4-15)20-9/h1,3,6-7,9,15-17H,4H2,(H,13,18,19)/t6-,7+,9-,11-/m1/s1/i4D2. The van der Waals surface area contributed by atoms with E-state index in [4.69, 9.17) is 14.3 Å². The van der Waals surface area contributed by atoms with Crippen LogP contribution in [0.5, 0.6) is 0 Å². The van der Waals surface area contributed by atoms with Crippen molar-refractivity contribution in [1.29, 1.82) is 0 Å². The SMILES string of the molecule is [2H]C([2H])(O)[C@@]1(F)O[C@@H](n2cc(C#C)c(=O)[nH]c2=O)[C@H](O)[C@@H]1O. The number of aliphatic hydroxyl groups excluding tert-OH is 2. The van der Waals surface area contributed by atoms with Gasteiger partial charge >= 0.3 is 5.69 Å². The Bertz CT molecular complexity index is 751. The largest absolute Gasteiger partial charge is 0.390 e. The van der Waals surface area contributed by atoms with Crippen LogP contribution in [0.2, 0.25) is 0 Å². The Balaban J connectivity index is 2.55. The summed E-state index contributed by atoms with van der Waals surface area (Å²) in [6.07, 6.45) is -0.704. The van der Waals surface area contributed by atoms with E-state index in [1.807, 2.05) is 5.92 Å². The fraction of sp³-hybridized carbons (Fsp3) is 0.455. The minimum atomic E-state index is -3.69. The summed E-state index contributed by atoms with van der Waals surface area (Å²) in [5, 5.41) is 28.5. The van der Waals surface area contributed by atoms with Crippen LogP contribution in [0.1, 0.15) is 14.5 Å². The monoisotopic (exact) mass is 288 g/mol. The maximum atomic E-state index is 14.3. The minimum Gasteiger partial charge on any atom is -0.390 e. The number of hydrogen-bond acceptors (Lipinski definition) is 6. The van der Waals surface area contributed by atoms with Crippen molar-refractivity contribution in [3.63, 3.8) is 0 Å². The molecule has 1 saturated heterocycles. The highest BCUT2D eigenvalue weighted by Gasteiger charge is 2.55. The maximum Gasteiger partial charge on any atom is 0.330 e. The third-order valence-corrected chi connectivity index (χ3v) is 2.84. The van der Waals surface area contributed by atoms with Crippen molar-refractivity contribution in [2.75, 3.05) is 6.56 Å². The molecule has 9 heteroatoms. The number of alkyl halides is 1. The molecule has 1 aliphatic heterocycles. The first-order valence-corrected chi connectivity index (χ1v) is 5.30. The second kappa shape index (κ2) is 4.84. The van der Waals surface area contributed by atoms with Gasteiger partial charge in [-0.15, -0.1) is 6.42 Å². The zero-order valence-electron chi connectivity index (χ0n) is 11.8. The number of H-pyrrole nitrogens is 1. The summed E-state index contributed by atoms with van der Waals surface area (Å²) in [7, 11) is 0. The molecule has 1 aliphatic rings. The first-order valence-electron chi connectivity index (χ1n) is 6.30. The van der Waals surface area contributed by atoms with E-state index in [1.165, 1.54) is 0 Å². The molecule has 0 aromatic carbocycles. The van der Waals surface area contributed by atoms with Crippen LogP contribution >= 0.6 is 0 Å². The molecular formula is C11H11FN2O6. The molecule has 1 aromatic heterocycles. The summed E-state index contributed by atoms with van der Waals surface area (Å²) in [5.74, 6) is -1.75. The molecule has 0 unspecified atom stereocenters. The zero-order chi connectivity index (χ0) is 16.9. The lowest BCUT2D eigenvalue weighted by Crippen LogP contribution is -2.42. The van der Waals surface area contributed by atoms with E-state index in [-0.39, 0.29) is 5.56 Å². The topological polar surface area (TPSA) is 125 Å². The van der Waals surface area contributed by atoms with Gasteiger partial charge in [0, 0.05) is 6.20 Å². The number of aromatic nitrogens is 2. The Kier molecular flexibility index (Phi) is 2.86. The molecule has 0 radical (unpaired) electrons. The van der Waals surface area contributed by atoms with E-state index in [9.17, 15) is 24.2 Å². The second-order valence-electron chi connectivity index (χ2n) is 4.05. The van der Waals surface area contributed by atoms with Crippen molar-refractivity contribution in [3.8, 4) is 12.3 Å². The third-order valence-electron chi connectivity index (χ3n) is 2.84. The van der Waals surface area contributed by atoms with Crippen LogP contribution in [-0.2, 0) is 4.74 Å². The van der Waals surface area contributed by atoms with Gasteiger partial charge in [0.2, 0.25) is 0 Å². The molecule has 0 aliphatic carbocycles. The van der Waals surface area contributed by atoms with Crippen LogP contribution in [-0.4, -0.2) is 49.5 Å². The highest BCUT2D eigenvalue weighted by molar-refractivity contribution is 5.26. The van der Waals surface area contributed by atoms with Crippen molar-refractivity contribution in [2.45, 2.75) is 24.3 Å². The number of halogens is 1. The Morgan fingerprint density at radius 1 is 1.65 bits per heavy atom. The smallest absolute Gasteiger partial charge is 0.330 e. The molecule has 0 bridgehead atoms. The van der Waals surface area contributed by atoms with Crippen LogP contribution in [0.25, 0.3) is 0 Å². The van der Waals surface area contributed by atoms with E-state index in [1.54, 1.807) is 4.98 Å². The molecule has 4 atom stereocenters. The van der Waals surface area contributed by atoms with Crippen molar-refractivity contribution < 1.29 is 27.2 Å². The first kappa shape index (κ1) is 11.8. The Morgan fingerprint density at radius 3 is 2.80 bits per heavy atom. The number of aliphatic hydroxyl groups is 3. The fourth-order valence-corrected chi connectivity index (χ4v) is 1.78. The highest BCUT2D eigenvalue weighted by atomic mass is 19.2. The van der Waals surface area contributed by atoms with Gasteiger partial charge in [-0.3, -0.25) is 14.3 Å². The predicted molar refractivity (Wildman–Crippen MR) is 62.3 cm³/mol. The predicted octanol–water partition coefficient (Wildman–Crippen LogP) is -2.57. The average molecular weight is 288 g/mol. The number of nitrogens with zero attached hydrogens (tertiary/aromatic N) is 1. The van der Waals surface area contributed by atoms with Gasteiger partial charge in [0.1, 0.15) is 24.3 Å². The number of hydrogen-bond donors (Lipinski definition) is 4. The van der Waals surface area contributed by atoms with Gasteiger partial charge in [-0.1, -0.05) is 5.92 Å².